The number of rotatable bonds is 0. The lowest BCUT2D eigenvalue weighted by molar-refractivity contribution is 0.0667. The summed E-state index contributed by atoms with van der Waals surface area (Å²) in [5.74, 6) is 0. The second-order valence-corrected chi connectivity index (χ2v) is 3.00. The standard InChI is InChI=1S/C6H13NO/c1-6(8)3-2-5(7)4-6/h5,8H,2-4,7H2,1H3/t5?,6-/m1/s1. The molecule has 0 radical (unpaired) electrons. The first-order valence-corrected chi connectivity index (χ1v) is 3.08. The van der Waals surface area contributed by atoms with E-state index in [0.29, 0.717) is 0 Å². The van der Waals surface area contributed by atoms with E-state index in [0.717, 1.165) is 19.3 Å². The van der Waals surface area contributed by atoms with Gasteiger partial charge in [-0.1, -0.05) is 0 Å². The molecule has 1 fully saturated rings. The Morgan fingerprint density at radius 1 is 1.75 bits per heavy atom. The summed E-state index contributed by atoms with van der Waals surface area (Å²) in [7, 11) is 0. The fourth-order valence-electron chi connectivity index (χ4n) is 1.27. The predicted octanol–water partition coefficient (Wildman–Crippen LogP) is 0.249. The zero-order valence-corrected chi connectivity index (χ0v) is 5.22. The molecule has 2 atom stereocenters. The maximum Gasteiger partial charge on any atom is 0.0635 e. The quantitative estimate of drug-likeness (QED) is 0.475. The Balaban J connectivity index is 2.44. The minimum atomic E-state index is -0.459. The van der Waals surface area contributed by atoms with Crippen molar-refractivity contribution in [3.05, 3.63) is 0 Å². The zero-order valence-electron chi connectivity index (χ0n) is 5.22. The van der Waals surface area contributed by atoms with Crippen LogP contribution in [0.1, 0.15) is 26.2 Å². The summed E-state index contributed by atoms with van der Waals surface area (Å²) < 4.78 is 0. The monoisotopic (exact) mass is 115 g/mol. The summed E-state index contributed by atoms with van der Waals surface area (Å²) in [5.41, 5.74) is 5.09. The van der Waals surface area contributed by atoms with E-state index in [1.165, 1.54) is 0 Å². The van der Waals surface area contributed by atoms with Crippen LogP contribution >= 0.6 is 0 Å². The maximum atomic E-state index is 9.28. The van der Waals surface area contributed by atoms with Crippen LogP contribution in [0.15, 0.2) is 0 Å². The highest BCUT2D eigenvalue weighted by molar-refractivity contribution is 4.86. The fraction of sp³-hybridized carbons (Fsp3) is 1.00. The van der Waals surface area contributed by atoms with Crippen LogP contribution < -0.4 is 5.73 Å². The molecule has 0 amide bonds. The number of hydrogen-bond acceptors (Lipinski definition) is 2. The molecule has 48 valence electrons. The van der Waals surface area contributed by atoms with Gasteiger partial charge in [0.05, 0.1) is 5.60 Å². The van der Waals surface area contributed by atoms with Crippen molar-refractivity contribution in [2.75, 3.05) is 0 Å². The molecule has 0 aromatic rings. The van der Waals surface area contributed by atoms with Gasteiger partial charge in [0, 0.05) is 6.04 Å². The van der Waals surface area contributed by atoms with Crippen molar-refractivity contribution in [3.63, 3.8) is 0 Å². The maximum absolute atomic E-state index is 9.28. The lowest BCUT2D eigenvalue weighted by atomic mass is 10.1. The van der Waals surface area contributed by atoms with E-state index in [1.807, 2.05) is 6.92 Å². The van der Waals surface area contributed by atoms with E-state index in [1.54, 1.807) is 0 Å². The fourth-order valence-corrected chi connectivity index (χ4v) is 1.27. The molecule has 1 rings (SSSR count). The van der Waals surface area contributed by atoms with E-state index in [2.05, 4.69) is 0 Å². The molecule has 0 aromatic heterocycles. The Bertz CT molecular complexity index is 90.5. The van der Waals surface area contributed by atoms with Gasteiger partial charge in [-0.3, -0.25) is 0 Å². The third-order valence-electron chi connectivity index (χ3n) is 1.76. The molecular formula is C6H13NO. The smallest absolute Gasteiger partial charge is 0.0635 e. The van der Waals surface area contributed by atoms with Crippen molar-refractivity contribution >= 4 is 0 Å². The Hall–Kier alpha value is -0.0800. The van der Waals surface area contributed by atoms with E-state index < -0.39 is 5.60 Å². The summed E-state index contributed by atoms with van der Waals surface area (Å²) in [6, 6.07) is 0.241. The summed E-state index contributed by atoms with van der Waals surface area (Å²) in [4.78, 5) is 0. The first-order valence-electron chi connectivity index (χ1n) is 3.08. The lowest BCUT2D eigenvalue weighted by Crippen LogP contribution is -2.23. The van der Waals surface area contributed by atoms with Crippen molar-refractivity contribution in [1.82, 2.24) is 0 Å². The Kier molecular flexibility index (Phi) is 1.29. The molecule has 0 spiro atoms. The largest absolute Gasteiger partial charge is 0.390 e. The van der Waals surface area contributed by atoms with Crippen molar-refractivity contribution in [2.45, 2.75) is 37.8 Å². The molecule has 1 aliphatic rings. The van der Waals surface area contributed by atoms with Gasteiger partial charge in [-0.2, -0.15) is 0 Å². The molecule has 2 heteroatoms. The van der Waals surface area contributed by atoms with Gasteiger partial charge in [-0.15, -0.1) is 0 Å². The molecule has 0 aliphatic heterocycles. The zero-order chi connectivity index (χ0) is 6.20. The highest BCUT2D eigenvalue weighted by atomic mass is 16.3. The van der Waals surface area contributed by atoms with Crippen LogP contribution in [0.25, 0.3) is 0 Å². The molecule has 0 bridgehead atoms. The topological polar surface area (TPSA) is 46.2 Å². The van der Waals surface area contributed by atoms with Gasteiger partial charge in [0.25, 0.3) is 0 Å². The first-order chi connectivity index (χ1) is 3.60. The Labute approximate surface area is 49.7 Å². The van der Waals surface area contributed by atoms with Gasteiger partial charge in [0.2, 0.25) is 0 Å². The Morgan fingerprint density at radius 3 is 2.50 bits per heavy atom. The number of hydrogen-bond donors (Lipinski definition) is 2. The summed E-state index contributed by atoms with van der Waals surface area (Å²) >= 11 is 0. The van der Waals surface area contributed by atoms with Gasteiger partial charge >= 0.3 is 0 Å². The normalized spacial score (nSPS) is 47.6. The Morgan fingerprint density at radius 2 is 2.38 bits per heavy atom. The summed E-state index contributed by atoms with van der Waals surface area (Å²) in [5, 5.41) is 9.28. The van der Waals surface area contributed by atoms with Crippen molar-refractivity contribution in [3.8, 4) is 0 Å². The van der Waals surface area contributed by atoms with Gasteiger partial charge in [0.15, 0.2) is 0 Å². The third kappa shape index (κ3) is 1.20. The highest BCUT2D eigenvalue weighted by Gasteiger charge is 2.30. The van der Waals surface area contributed by atoms with Gasteiger partial charge in [-0.25, -0.2) is 0 Å². The van der Waals surface area contributed by atoms with E-state index in [-0.39, 0.29) is 6.04 Å². The van der Waals surface area contributed by atoms with E-state index in [4.69, 9.17) is 5.73 Å². The van der Waals surface area contributed by atoms with Crippen LogP contribution in [0.2, 0.25) is 0 Å². The number of aliphatic hydroxyl groups is 1. The average molecular weight is 115 g/mol. The van der Waals surface area contributed by atoms with Crippen LogP contribution in [0, 0.1) is 0 Å². The predicted molar refractivity (Wildman–Crippen MR) is 32.5 cm³/mol. The molecule has 1 aliphatic carbocycles. The van der Waals surface area contributed by atoms with Crippen LogP contribution in [-0.4, -0.2) is 16.7 Å². The van der Waals surface area contributed by atoms with Gasteiger partial charge < -0.3 is 10.8 Å². The van der Waals surface area contributed by atoms with Gasteiger partial charge in [0.1, 0.15) is 0 Å². The van der Waals surface area contributed by atoms with Crippen LogP contribution in [0.4, 0.5) is 0 Å². The van der Waals surface area contributed by atoms with E-state index in [9.17, 15) is 5.11 Å². The SMILES string of the molecule is C[C@@]1(O)CCC(N)C1. The molecule has 0 heterocycles. The molecule has 1 unspecified atom stereocenters. The average Bonchev–Trinajstić information content (AvgIpc) is 1.82. The van der Waals surface area contributed by atoms with Crippen molar-refractivity contribution < 1.29 is 5.11 Å². The third-order valence-corrected chi connectivity index (χ3v) is 1.76. The first kappa shape index (κ1) is 6.05. The van der Waals surface area contributed by atoms with Crippen LogP contribution in [-0.2, 0) is 0 Å². The lowest BCUT2D eigenvalue weighted by Gasteiger charge is -2.13. The molecular weight excluding hydrogens is 102 g/mol. The number of nitrogens with two attached hydrogens (primary N) is 1. The molecule has 3 N–H and O–H groups in total. The minimum Gasteiger partial charge on any atom is -0.390 e. The highest BCUT2D eigenvalue weighted by Crippen LogP contribution is 2.27. The molecule has 0 saturated heterocycles. The molecule has 0 aromatic carbocycles. The minimum absolute atomic E-state index is 0.241. The second-order valence-electron chi connectivity index (χ2n) is 3.00. The van der Waals surface area contributed by atoms with Crippen molar-refractivity contribution in [2.24, 2.45) is 5.73 Å². The van der Waals surface area contributed by atoms with E-state index >= 15 is 0 Å². The van der Waals surface area contributed by atoms with Crippen LogP contribution in [0.5, 0.6) is 0 Å². The molecule has 1 saturated carbocycles. The summed E-state index contributed by atoms with van der Waals surface area (Å²) in [6.07, 6.45) is 2.62. The second kappa shape index (κ2) is 1.71. The van der Waals surface area contributed by atoms with Gasteiger partial charge in [-0.05, 0) is 26.2 Å². The van der Waals surface area contributed by atoms with Crippen LogP contribution in [0.3, 0.4) is 0 Å². The molecule has 8 heavy (non-hydrogen) atoms. The van der Waals surface area contributed by atoms with Crippen molar-refractivity contribution in [1.29, 1.82) is 0 Å². The summed E-state index contributed by atoms with van der Waals surface area (Å²) in [6.45, 7) is 1.85. The molecule has 2 nitrogen and oxygen atoms in total.